The number of amides is 2. The molecule has 2 heterocycles. The largest absolute Gasteiger partial charge is 0.285 e. The number of halogens is 1. The third kappa shape index (κ3) is 3.48. The van der Waals surface area contributed by atoms with Gasteiger partial charge < -0.3 is 0 Å². The van der Waals surface area contributed by atoms with Crippen LogP contribution in [0.2, 0.25) is 5.02 Å². The Morgan fingerprint density at radius 1 is 1.29 bits per heavy atom. The number of hydrazine groups is 1. The Labute approximate surface area is 152 Å². The summed E-state index contributed by atoms with van der Waals surface area (Å²) in [6, 6.07) is 10.2. The first-order valence-corrected chi connectivity index (χ1v) is 8.40. The molecule has 2 amide bonds. The van der Waals surface area contributed by atoms with Gasteiger partial charge >= 0.3 is 0 Å². The molecule has 0 saturated carbocycles. The maximum Gasteiger partial charge on any atom is 0.285 e. The van der Waals surface area contributed by atoms with Crippen molar-refractivity contribution in [1.29, 1.82) is 0 Å². The van der Waals surface area contributed by atoms with Crippen LogP contribution in [0.25, 0.3) is 6.08 Å². The van der Waals surface area contributed by atoms with Crippen LogP contribution >= 0.6 is 35.6 Å². The van der Waals surface area contributed by atoms with Crippen molar-refractivity contribution in [3.63, 3.8) is 0 Å². The second-order valence-electron chi connectivity index (χ2n) is 4.72. The molecule has 3 rings (SSSR count). The van der Waals surface area contributed by atoms with E-state index in [0.29, 0.717) is 9.93 Å². The zero-order chi connectivity index (χ0) is 17.1. The molecule has 1 aliphatic rings. The van der Waals surface area contributed by atoms with Crippen molar-refractivity contribution in [2.75, 3.05) is 0 Å². The van der Waals surface area contributed by atoms with E-state index >= 15 is 0 Å². The minimum absolute atomic E-state index is 0.246. The van der Waals surface area contributed by atoms with Crippen LogP contribution < -0.4 is 5.43 Å². The lowest BCUT2D eigenvalue weighted by atomic mass is 10.2. The fourth-order valence-corrected chi connectivity index (χ4v) is 3.38. The summed E-state index contributed by atoms with van der Waals surface area (Å²) >= 11 is 12.3. The summed E-state index contributed by atoms with van der Waals surface area (Å²) in [4.78, 5) is 29.1. The Bertz CT molecular complexity index is 855. The topological polar surface area (TPSA) is 62.3 Å². The average molecular weight is 376 g/mol. The van der Waals surface area contributed by atoms with Gasteiger partial charge in [0.05, 0.1) is 15.5 Å². The molecule has 1 aromatic heterocycles. The molecule has 0 spiro atoms. The molecule has 5 nitrogen and oxygen atoms in total. The molecular weight excluding hydrogens is 366 g/mol. The number of thiocarbonyl (C=S) groups is 1. The van der Waals surface area contributed by atoms with Gasteiger partial charge in [0.1, 0.15) is 0 Å². The first-order chi connectivity index (χ1) is 11.6. The minimum atomic E-state index is -0.500. The fraction of sp³-hybridized carbons (Fsp3) is 0. The molecule has 1 N–H and O–H groups in total. The van der Waals surface area contributed by atoms with Crippen LogP contribution in [0.3, 0.4) is 0 Å². The second kappa shape index (κ2) is 7.12. The minimum Gasteiger partial charge on any atom is -0.267 e. The smallest absolute Gasteiger partial charge is 0.267 e. The molecule has 24 heavy (non-hydrogen) atoms. The van der Waals surface area contributed by atoms with E-state index in [-0.39, 0.29) is 9.88 Å². The number of carbonyl (C=O) groups is 2. The molecule has 1 aliphatic heterocycles. The Morgan fingerprint density at radius 2 is 2.08 bits per heavy atom. The molecule has 1 fully saturated rings. The molecule has 8 heteroatoms. The number of nitrogens with one attached hydrogen (secondary N) is 1. The van der Waals surface area contributed by atoms with Gasteiger partial charge in [-0.2, -0.15) is 5.01 Å². The number of thioether (sulfide) groups is 1. The third-order valence-corrected chi connectivity index (χ3v) is 4.74. The number of rotatable bonds is 3. The van der Waals surface area contributed by atoms with E-state index < -0.39 is 11.8 Å². The number of nitrogens with zero attached hydrogens (tertiary/aromatic N) is 2. The summed E-state index contributed by atoms with van der Waals surface area (Å²) in [6.07, 6.45) is 4.95. The summed E-state index contributed by atoms with van der Waals surface area (Å²) in [5.41, 5.74) is 3.53. The quantitative estimate of drug-likeness (QED) is 0.659. The number of hydrogen-bond donors (Lipinski definition) is 1. The molecule has 120 valence electrons. The van der Waals surface area contributed by atoms with Crippen molar-refractivity contribution in [1.82, 2.24) is 15.4 Å². The summed E-state index contributed by atoms with van der Waals surface area (Å²) in [7, 11) is 0. The van der Waals surface area contributed by atoms with E-state index in [9.17, 15) is 9.59 Å². The van der Waals surface area contributed by atoms with Crippen LogP contribution in [0.5, 0.6) is 0 Å². The van der Waals surface area contributed by atoms with Crippen molar-refractivity contribution in [2.45, 2.75) is 0 Å². The van der Waals surface area contributed by atoms with E-state index in [1.165, 1.54) is 0 Å². The Hall–Kier alpha value is -2.22. The zero-order valence-electron chi connectivity index (χ0n) is 12.1. The number of pyridine rings is 1. The van der Waals surface area contributed by atoms with E-state index in [1.807, 2.05) is 6.07 Å². The van der Waals surface area contributed by atoms with Gasteiger partial charge in [-0.25, -0.2) is 0 Å². The van der Waals surface area contributed by atoms with Crippen molar-refractivity contribution in [3.05, 3.63) is 69.8 Å². The Morgan fingerprint density at radius 3 is 2.79 bits per heavy atom. The van der Waals surface area contributed by atoms with Gasteiger partial charge in [0.2, 0.25) is 0 Å². The normalized spacial score (nSPS) is 15.9. The summed E-state index contributed by atoms with van der Waals surface area (Å²) in [5, 5.41) is 1.35. The molecule has 0 radical (unpaired) electrons. The van der Waals surface area contributed by atoms with Gasteiger partial charge in [-0.05, 0) is 42.1 Å². The fourth-order valence-electron chi connectivity index (χ4n) is 1.98. The molecule has 0 atom stereocenters. The predicted molar refractivity (Wildman–Crippen MR) is 98.2 cm³/mol. The summed E-state index contributed by atoms with van der Waals surface area (Å²) < 4.78 is 0.246. The summed E-state index contributed by atoms with van der Waals surface area (Å²) in [5.74, 6) is -0.895. The molecule has 2 aromatic rings. The highest BCUT2D eigenvalue weighted by Gasteiger charge is 2.34. The second-order valence-corrected chi connectivity index (χ2v) is 6.81. The van der Waals surface area contributed by atoms with Crippen molar-refractivity contribution in [3.8, 4) is 0 Å². The summed E-state index contributed by atoms with van der Waals surface area (Å²) in [6.45, 7) is 0. The average Bonchev–Trinajstić information content (AvgIpc) is 2.83. The van der Waals surface area contributed by atoms with Crippen LogP contribution in [0.4, 0.5) is 0 Å². The van der Waals surface area contributed by atoms with Gasteiger partial charge in [0, 0.05) is 12.4 Å². The molecule has 1 aromatic carbocycles. The molecule has 1 saturated heterocycles. The zero-order valence-corrected chi connectivity index (χ0v) is 14.5. The molecule has 0 bridgehead atoms. The highest BCUT2D eigenvalue weighted by Crippen LogP contribution is 2.31. The Balaban J connectivity index is 1.79. The standard InChI is InChI=1S/C16H10ClN3O2S2/c17-12-6-2-1-5-11(12)14(21)19-20-15(22)13(24-16(20)23)8-10-4-3-7-18-9-10/h1-9H,(H,19,21)/b13-8+. The first-order valence-electron chi connectivity index (χ1n) is 6.80. The van der Waals surface area contributed by atoms with Crippen molar-refractivity contribution in [2.24, 2.45) is 0 Å². The first kappa shape index (κ1) is 16.6. The molecular formula is C16H10ClN3O2S2. The number of carbonyl (C=O) groups excluding carboxylic acids is 2. The lowest BCUT2D eigenvalue weighted by Gasteiger charge is -2.16. The van der Waals surface area contributed by atoms with Crippen LogP contribution in [-0.4, -0.2) is 26.1 Å². The van der Waals surface area contributed by atoms with E-state index in [4.69, 9.17) is 23.8 Å². The van der Waals surface area contributed by atoms with Gasteiger partial charge in [0.25, 0.3) is 11.8 Å². The van der Waals surface area contributed by atoms with Crippen molar-refractivity contribution < 1.29 is 9.59 Å². The maximum atomic E-state index is 12.5. The predicted octanol–water partition coefficient (Wildman–Crippen LogP) is 3.28. The lowest BCUT2D eigenvalue weighted by Crippen LogP contribution is -2.44. The van der Waals surface area contributed by atoms with Crippen LogP contribution in [0.15, 0.2) is 53.7 Å². The van der Waals surface area contributed by atoms with Crippen LogP contribution in [0.1, 0.15) is 15.9 Å². The number of hydrogen-bond acceptors (Lipinski definition) is 5. The molecule has 0 unspecified atom stereocenters. The highest BCUT2D eigenvalue weighted by molar-refractivity contribution is 8.26. The van der Waals surface area contributed by atoms with Gasteiger partial charge in [-0.1, -0.05) is 41.6 Å². The van der Waals surface area contributed by atoms with Crippen LogP contribution in [-0.2, 0) is 4.79 Å². The number of aromatic nitrogens is 1. The SMILES string of the molecule is O=C(NN1C(=O)/C(=C\c2cccnc2)SC1=S)c1ccccc1Cl. The lowest BCUT2D eigenvalue weighted by molar-refractivity contribution is -0.123. The Kier molecular flexibility index (Phi) is 4.94. The maximum absolute atomic E-state index is 12.5. The van der Waals surface area contributed by atoms with E-state index in [2.05, 4.69) is 10.4 Å². The van der Waals surface area contributed by atoms with Crippen molar-refractivity contribution >= 4 is 57.8 Å². The van der Waals surface area contributed by atoms with E-state index in [0.717, 1.165) is 22.3 Å². The van der Waals surface area contributed by atoms with Gasteiger partial charge in [-0.15, -0.1) is 0 Å². The third-order valence-electron chi connectivity index (χ3n) is 3.11. The molecule has 0 aliphatic carbocycles. The monoisotopic (exact) mass is 375 g/mol. The van der Waals surface area contributed by atoms with Gasteiger partial charge in [-0.3, -0.25) is 20.0 Å². The van der Waals surface area contributed by atoms with Gasteiger partial charge in [0.15, 0.2) is 4.32 Å². The highest BCUT2D eigenvalue weighted by atomic mass is 35.5. The number of benzene rings is 1. The van der Waals surface area contributed by atoms with E-state index in [1.54, 1.807) is 48.8 Å². The van der Waals surface area contributed by atoms with Crippen LogP contribution in [0, 0.1) is 0 Å².